The highest BCUT2D eigenvalue weighted by Gasteiger charge is 2.27. The maximum absolute atomic E-state index is 13.9. The van der Waals surface area contributed by atoms with E-state index in [1.54, 1.807) is 6.07 Å². The van der Waals surface area contributed by atoms with Gasteiger partial charge in [-0.25, -0.2) is 14.4 Å². The maximum atomic E-state index is 13.9. The van der Waals surface area contributed by atoms with Gasteiger partial charge < -0.3 is 21.1 Å². The highest BCUT2D eigenvalue weighted by atomic mass is 35.5. The van der Waals surface area contributed by atoms with Crippen LogP contribution in [-0.2, 0) is 0 Å². The number of alkyl halides is 1. The first-order valence-electron chi connectivity index (χ1n) is 8.87. The number of nitrogens with one attached hydrogen (secondary N) is 3. The van der Waals surface area contributed by atoms with E-state index < -0.39 is 17.7 Å². The molecule has 154 valence electrons. The van der Waals surface area contributed by atoms with Crippen LogP contribution in [0.25, 0.3) is 0 Å². The van der Waals surface area contributed by atoms with Crippen molar-refractivity contribution >= 4 is 34.8 Å². The molecule has 0 aliphatic carbocycles. The van der Waals surface area contributed by atoms with Gasteiger partial charge in [-0.3, -0.25) is 4.79 Å². The summed E-state index contributed by atoms with van der Waals surface area (Å²) in [5.74, 6) is 0.154. The van der Waals surface area contributed by atoms with Gasteiger partial charge in [-0.05, 0) is 26.8 Å². The zero-order valence-electron chi connectivity index (χ0n) is 16.3. The number of carbonyl (C=O) groups is 1. The average molecular weight is 421 g/mol. The molecule has 1 atom stereocenters. The Labute approximate surface area is 173 Å². The lowest BCUT2D eigenvalue weighted by Crippen LogP contribution is -2.42. The topological polar surface area (TPSA) is 123 Å². The molecule has 0 aromatic carbocycles. The van der Waals surface area contributed by atoms with E-state index in [2.05, 4.69) is 25.9 Å². The quantitative estimate of drug-likeness (QED) is 0.517. The van der Waals surface area contributed by atoms with Crippen molar-refractivity contribution in [2.45, 2.75) is 32.5 Å². The largest absolute Gasteiger partial charge is 0.387 e. The molecule has 2 heterocycles. The summed E-state index contributed by atoms with van der Waals surface area (Å²) in [5, 5.41) is 27.2. The van der Waals surface area contributed by atoms with Crippen LogP contribution in [0.2, 0.25) is 5.02 Å². The molecular formula is C19H22ClFN6O2. The summed E-state index contributed by atoms with van der Waals surface area (Å²) >= 11 is 6.11. The second-order valence-electron chi connectivity index (χ2n) is 6.77. The molecule has 2 aromatic heterocycles. The Morgan fingerprint density at radius 3 is 2.69 bits per heavy atom. The average Bonchev–Trinajstić information content (AvgIpc) is 2.67. The first-order chi connectivity index (χ1) is 13.7. The van der Waals surface area contributed by atoms with Crippen molar-refractivity contribution in [1.29, 1.82) is 5.26 Å². The molecule has 10 heteroatoms. The predicted molar refractivity (Wildman–Crippen MR) is 109 cm³/mol. The Balaban J connectivity index is 2.20. The van der Waals surface area contributed by atoms with Gasteiger partial charge in [0.25, 0.3) is 5.91 Å². The number of hydrogen-bond donors (Lipinski definition) is 4. The van der Waals surface area contributed by atoms with E-state index in [0.717, 1.165) is 0 Å². The van der Waals surface area contributed by atoms with Crippen LogP contribution in [0.3, 0.4) is 0 Å². The SMILES string of the molecule is CCNc1cc(Nc2ncc(C#N)cc2Cl)ncc1C(=O)NCC(F)C(C)(C)O. The van der Waals surface area contributed by atoms with Gasteiger partial charge >= 0.3 is 0 Å². The first kappa shape index (κ1) is 22.3. The molecule has 0 saturated heterocycles. The van der Waals surface area contributed by atoms with Crippen LogP contribution < -0.4 is 16.0 Å². The number of halogens is 2. The number of aromatic nitrogens is 2. The van der Waals surface area contributed by atoms with Gasteiger partial charge in [-0.1, -0.05) is 11.6 Å². The third-order valence-corrected chi connectivity index (χ3v) is 4.23. The first-order valence-corrected chi connectivity index (χ1v) is 9.24. The minimum absolute atomic E-state index is 0.222. The molecule has 0 bridgehead atoms. The van der Waals surface area contributed by atoms with Gasteiger partial charge in [0.05, 0.1) is 34.0 Å². The maximum Gasteiger partial charge on any atom is 0.255 e. The molecule has 0 fully saturated rings. The zero-order chi connectivity index (χ0) is 21.6. The van der Waals surface area contributed by atoms with Crippen molar-refractivity contribution in [2.24, 2.45) is 0 Å². The van der Waals surface area contributed by atoms with E-state index in [1.165, 1.54) is 32.3 Å². The molecule has 0 spiro atoms. The molecule has 0 aliphatic heterocycles. The summed E-state index contributed by atoms with van der Waals surface area (Å²) < 4.78 is 13.9. The van der Waals surface area contributed by atoms with Gasteiger partial charge in [0, 0.05) is 25.0 Å². The smallest absolute Gasteiger partial charge is 0.255 e. The molecule has 29 heavy (non-hydrogen) atoms. The molecular weight excluding hydrogens is 399 g/mol. The van der Waals surface area contributed by atoms with E-state index in [4.69, 9.17) is 16.9 Å². The summed E-state index contributed by atoms with van der Waals surface area (Å²) in [6, 6.07) is 5.01. The van der Waals surface area contributed by atoms with E-state index in [1.807, 2.05) is 13.0 Å². The number of carbonyl (C=O) groups excluding carboxylic acids is 1. The van der Waals surface area contributed by atoms with Crippen LogP contribution in [0.15, 0.2) is 24.5 Å². The van der Waals surface area contributed by atoms with Crippen LogP contribution in [0, 0.1) is 11.3 Å². The molecule has 1 unspecified atom stereocenters. The van der Waals surface area contributed by atoms with Crippen molar-refractivity contribution < 1.29 is 14.3 Å². The lowest BCUT2D eigenvalue weighted by Gasteiger charge is -2.22. The Hall–Kier alpha value is -2.96. The fourth-order valence-electron chi connectivity index (χ4n) is 2.28. The lowest BCUT2D eigenvalue weighted by molar-refractivity contribution is -0.00177. The molecule has 8 nitrogen and oxygen atoms in total. The van der Waals surface area contributed by atoms with Crippen molar-refractivity contribution in [3.63, 3.8) is 0 Å². The van der Waals surface area contributed by atoms with Gasteiger partial charge in [-0.2, -0.15) is 5.26 Å². The van der Waals surface area contributed by atoms with Gasteiger partial charge in [0.2, 0.25) is 0 Å². The van der Waals surface area contributed by atoms with Crippen molar-refractivity contribution in [3.8, 4) is 6.07 Å². The molecule has 4 N–H and O–H groups in total. The molecule has 2 aromatic rings. The van der Waals surface area contributed by atoms with Gasteiger partial charge in [0.15, 0.2) is 0 Å². The number of pyridine rings is 2. The Morgan fingerprint density at radius 2 is 2.10 bits per heavy atom. The van der Waals surface area contributed by atoms with Gasteiger partial charge in [-0.15, -0.1) is 0 Å². The number of nitriles is 1. The fraction of sp³-hybridized carbons (Fsp3) is 0.368. The number of amides is 1. The number of hydrogen-bond acceptors (Lipinski definition) is 7. The Bertz CT molecular complexity index is 926. The lowest BCUT2D eigenvalue weighted by atomic mass is 10.0. The number of aliphatic hydroxyl groups is 1. The third kappa shape index (κ3) is 6.01. The normalized spacial score (nSPS) is 12.0. The molecule has 2 rings (SSSR count). The second-order valence-corrected chi connectivity index (χ2v) is 7.18. The van der Waals surface area contributed by atoms with Crippen LogP contribution in [0.4, 0.5) is 21.7 Å². The van der Waals surface area contributed by atoms with Crippen LogP contribution in [-0.4, -0.2) is 45.8 Å². The third-order valence-electron chi connectivity index (χ3n) is 3.94. The molecule has 0 radical (unpaired) electrons. The molecule has 1 amide bonds. The standard InChI is InChI=1S/C19H22ClFN6O2/c1-4-23-14-6-16(27-17-13(20)5-11(7-22)8-25-17)24-9-12(14)18(28)26-10-15(21)19(2,3)29/h5-6,8-9,15,29H,4,10H2,1-3H3,(H,26,28)(H2,23,24,25,27). The van der Waals surface area contributed by atoms with E-state index in [9.17, 15) is 14.3 Å². The van der Waals surface area contributed by atoms with E-state index >= 15 is 0 Å². The Kier molecular flexibility index (Phi) is 7.31. The molecule has 0 aliphatic rings. The summed E-state index contributed by atoms with van der Waals surface area (Å²) in [7, 11) is 0. The summed E-state index contributed by atoms with van der Waals surface area (Å²) in [6.45, 7) is 4.73. The zero-order valence-corrected chi connectivity index (χ0v) is 17.0. The summed E-state index contributed by atoms with van der Waals surface area (Å²) in [4.78, 5) is 20.7. The Morgan fingerprint density at radius 1 is 1.38 bits per heavy atom. The number of nitrogens with zero attached hydrogens (tertiary/aromatic N) is 3. The second kappa shape index (κ2) is 9.49. The molecule has 0 saturated carbocycles. The summed E-state index contributed by atoms with van der Waals surface area (Å²) in [6.07, 6.45) is 1.09. The van der Waals surface area contributed by atoms with E-state index in [-0.39, 0.29) is 17.1 Å². The fourth-order valence-corrected chi connectivity index (χ4v) is 2.49. The monoisotopic (exact) mass is 420 g/mol. The van der Waals surface area contributed by atoms with Crippen molar-refractivity contribution in [1.82, 2.24) is 15.3 Å². The minimum atomic E-state index is -1.62. The van der Waals surface area contributed by atoms with E-state index in [0.29, 0.717) is 29.4 Å². The van der Waals surface area contributed by atoms with Gasteiger partial charge in [0.1, 0.15) is 23.9 Å². The van der Waals surface area contributed by atoms with Crippen LogP contribution >= 0.6 is 11.6 Å². The number of anilines is 3. The van der Waals surface area contributed by atoms with Crippen LogP contribution in [0.1, 0.15) is 36.7 Å². The van der Waals surface area contributed by atoms with Crippen molar-refractivity contribution in [3.05, 3.63) is 40.7 Å². The van der Waals surface area contributed by atoms with Crippen LogP contribution in [0.5, 0.6) is 0 Å². The highest BCUT2D eigenvalue weighted by molar-refractivity contribution is 6.33. The van der Waals surface area contributed by atoms with Crippen molar-refractivity contribution in [2.75, 3.05) is 23.7 Å². The minimum Gasteiger partial charge on any atom is -0.387 e. The number of rotatable bonds is 8. The predicted octanol–water partition coefficient (Wildman–Crippen LogP) is 3.02. The highest BCUT2D eigenvalue weighted by Crippen LogP contribution is 2.25. The summed E-state index contributed by atoms with van der Waals surface area (Å²) in [5.41, 5.74) is -0.534.